The SMILES string of the molecule is CCC(C)N(C)c1nc(C)ccc1C#N. The maximum absolute atomic E-state index is 9.00. The summed E-state index contributed by atoms with van der Waals surface area (Å²) in [5.41, 5.74) is 1.59. The summed E-state index contributed by atoms with van der Waals surface area (Å²) in [6, 6.07) is 6.27. The van der Waals surface area contributed by atoms with E-state index in [1.54, 1.807) is 0 Å². The average molecular weight is 203 g/mol. The molecule has 0 aliphatic carbocycles. The van der Waals surface area contributed by atoms with Gasteiger partial charge in [-0.15, -0.1) is 0 Å². The molecule has 3 nitrogen and oxygen atoms in total. The summed E-state index contributed by atoms with van der Waals surface area (Å²) in [4.78, 5) is 6.48. The average Bonchev–Trinajstić information content (AvgIpc) is 2.27. The molecule has 1 heterocycles. The maximum atomic E-state index is 9.00. The van der Waals surface area contributed by atoms with Gasteiger partial charge in [0.2, 0.25) is 0 Å². The van der Waals surface area contributed by atoms with Gasteiger partial charge in [-0.25, -0.2) is 4.98 Å². The van der Waals surface area contributed by atoms with Gasteiger partial charge in [-0.05, 0) is 32.4 Å². The van der Waals surface area contributed by atoms with Gasteiger partial charge in [-0.1, -0.05) is 6.92 Å². The molecule has 0 amide bonds. The van der Waals surface area contributed by atoms with Crippen molar-refractivity contribution in [2.45, 2.75) is 33.2 Å². The molecule has 0 radical (unpaired) electrons. The predicted octanol–water partition coefficient (Wildman–Crippen LogP) is 2.50. The quantitative estimate of drug-likeness (QED) is 0.757. The topological polar surface area (TPSA) is 39.9 Å². The molecule has 0 saturated heterocycles. The number of anilines is 1. The van der Waals surface area contributed by atoms with Gasteiger partial charge in [0.1, 0.15) is 11.9 Å². The van der Waals surface area contributed by atoms with Gasteiger partial charge in [0, 0.05) is 18.8 Å². The number of nitriles is 1. The van der Waals surface area contributed by atoms with Crippen LogP contribution in [0.3, 0.4) is 0 Å². The third-order valence-corrected chi connectivity index (χ3v) is 2.72. The van der Waals surface area contributed by atoms with Crippen molar-refractivity contribution in [1.29, 1.82) is 5.26 Å². The van der Waals surface area contributed by atoms with E-state index in [2.05, 4.69) is 29.8 Å². The van der Waals surface area contributed by atoms with Crippen molar-refractivity contribution in [3.8, 4) is 6.07 Å². The molecule has 0 bridgehead atoms. The first-order valence-corrected chi connectivity index (χ1v) is 5.20. The molecule has 1 atom stereocenters. The Bertz CT molecular complexity index is 379. The normalized spacial score (nSPS) is 11.9. The monoisotopic (exact) mass is 203 g/mol. The maximum Gasteiger partial charge on any atom is 0.146 e. The van der Waals surface area contributed by atoms with Crippen molar-refractivity contribution in [2.75, 3.05) is 11.9 Å². The Morgan fingerprint density at radius 1 is 1.53 bits per heavy atom. The van der Waals surface area contributed by atoms with Gasteiger partial charge < -0.3 is 4.90 Å². The van der Waals surface area contributed by atoms with E-state index in [4.69, 9.17) is 5.26 Å². The number of pyridine rings is 1. The highest BCUT2D eigenvalue weighted by molar-refractivity contribution is 5.54. The molecule has 0 aromatic carbocycles. The number of hydrogen-bond acceptors (Lipinski definition) is 3. The fourth-order valence-corrected chi connectivity index (χ4v) is 1.38. The minimum Gasteiger partial charge on any atom is -0.356 e. The van der Waals surface area contributed by atoms with E-state index in [0.717, 1.165) is 17.9 Å². The highest BCUT2D eigenvalue weighted by Gasteiger charge is 2.13. The largest absolute Gasteiger partial charge is 0.356 e. The van der Waals surface area contributed by atoms with Gasteiger partial charge in [-0.3, -0.25) is 0 Å². The molecule has 1 aromatic heterocycles. The Morgan fingerprint density at radius 3 is 2.73 bits per heavy atom. The van der Waals surface area contributed by atoms with Crippen molar-refractivity contribution in [3.05, 3.63) is 23.4 Å². The smallest absolute Gasteiger partial charge is 0.146 e. The summed E-state index contributed by atoms with van der Waals surface area (Å²) >= 11 is 0. The van der Waals surface area contributed by atoms with Crippen LogP contribution in [0.25, 0.3) is 0 Å². The third-order valence-electron chi connectivity index (χ3n) is 2.72. The molecule has 0 saturated carbocycles. The van der Waals surface area contributed by atoms with E-state index < -0.39 is 0 Å². The van der Waals surface area contributed by atoms with Crippen molar-refractivity contribution in [1.82, 2.24) is 4.98 Å². The fourth-order valence-electron chi connectivity index (χ4n) is 1.38. The lowest BCUT2D eigenvalue weighted by Crippen LogP contribution is -2.29. The third kappa shape index (κ3) is 2.47. The first-order chi connectivity index (χ1) is 7.10. The van der Waals surface area contributed by atoms with Crippen LogP contribution in [0, 0.1) is 18.3 Å². The van der Waals surface area contributed by atoms with Crippen LogP contribution in [0.5, 0.6) is 0 Å². The second-order valence-electron chi connectivity index (χ2n) is 3.80. The zero-order valence-electron chi connectivity index (χ0n) is 9.78. The summed E-state index contributed by atoms with van der Waals surface area (Å²) in [5, 5.41) is 9.00. The van der Waals surface area contributed by atoms with Crippen LogP contribution in [0.1, 0.15) is 31.5 Å². The molecule has 0 aliphatic heterocycles. The molecule has 0 N–H and O–H groups in total. The molecule has 1 rings (SSSR count). The number of nitrogens with zero attached hydrogens (tertiary/aromatic N) is 3. The van der Waals surface area contributed by atoms with Crippen molar-refractivity contribution in [2.24, 2.45) is 0 Å². The lowest BCUT2D eigenvalue weighted by atomic mass is 10.2. The van der Waals surface area contributed by atoms with Gasteiger partial charge in [0.15, 0.2) is 0 Å². The van der Waals surface area contributed by atoms with E-state index >= 15 is 0 Å². The summed E-state index contributed by atoms with van der Waals surface area (Å²) in [6.07, 6.45) is 1.04. The lowest BCUT2D eigenvalue weighted by molar-refractivity contribution is 0.655. The molecule has 3 heteroatoms. The summed E-state index contributed by atoms with van der Waals surface area (Å²) in [7, 11) is 1.98. The van der Waals surface area contributed by atoms with Crippen LogP contribution < -0.4 is 4.90 Å². The lowest BCUT2D eigenvalue weighted by Gasteiger charge is -2.25. The first-order valence-electron chi connectivity index (χ1n) is 5.20. The Labute approximate surface area is 91.4 Å². The molecule has 0 fully saturated rings. The van der Waals surface area contributed by atoms with E-state index in [9.17, 15) is 0 Å². The minimum atomic E-state index is 0.395. The minimum absolute atomic E-state index is 0.395. The fraction of sp³-hybridized carbons (Fsp3) is 0.500. The predicted molar refractivity (Wildman–Crippen MR) is 61.8 cm³/mol. The Hall–Kier alpha value is -1.56. The molecule has 1 unspecified atom stereocenters. The van der Waals surface area contributed by atoms with E-state index in [0.29, 0.717) is 11.6 Å². The van der Waals surface area contributed by atoms with Crippen LogP contribution in [0.15, 0.2) is 12.1 Å². The molecule has 80 valence electrons. The summed E-state index contributed by atoms with van der Waals surface area (Å²) < 4.78 is 0. The van der Waals surface area contributed by atoms with Gasteiger partial charge in [0.25, 0.3) is 0 Å². The number of hydrogen-bond donors (Lipinski definition) is 0. The van der Waals surface area contributed by atoms with Crippen molar-refractivity contribution in [3.63, 3.8) is 0 Å². The highest BCUT2D eigenvalue weighted by Crippen LogP contribution is 2.19. The summed E-state index contributed by atoms with van der Waals surface area (Å²) in [5.74, 6) is 0.784. The Morgan fingerprint density at radius 2 is 2.20 bits per heavy atom. The molecule has 0 aliphatic rings. The first kappa shape index (κ1) is 11.5. The molecular formula is C12H17N3. The zero-order chi connectivity index (χ0) is 11.4. The van der Waals surface area contributed by atoms with E-state index in [1.807, 2.05) is 26.1 Å². The summed E-state index contributed by atoms with van der Waals surface area (Å²) in [6.45, 7) is 6.20. The highest BCUT2D eigenvalue weighted by atomic mass is 15.2. The van der Waals surface area contributed by atoms with Crippen LogP contribution in [0.2, 0.25) is 0 Å². The second kappa shape index (κ2) is 4.79. The van der Waals surface area contributed by atoms with Gasteiger partial charge >= 0.3 is 0 Å². The van der Waals surface area contributed by atoms with E-state index in [-0.39, 0.29) is 0 Å². The molecular weight excluding hydrogens is 186 g/mol. The standard InChI is InChI=1S/C12H17N3/c1-5-10(3)15(4)12-11(8-13)7-6-9(2)14-12/h6-7,10H,5H2,1-4H3. The molecule has 15 heavy (non-hydrogen) atoms. The van der Waals surface area contributed by atoms with Gasteiger partial charge in [-0.2, -0.15) is 5.26 Å². The number of aromatic nitrogens is 1. The van der Waals surface area contributed by atoms with Crippen LogP contribution >= 0.6 is 0 Å². The second-order valence-corrected chi connectivity index (χ2v) is 3.80. The Kier molecular flexibility index (Phi) is 3.68. The number of rotatable bonds is 3. The van der Waals surface area contributed by atoms with E-state index in [1.165, 1.54) is 0 Å². The molecule has 1 aromatic rings. The molecule has 0 spiro atoms. The van der Waals surface area contributed by atoms with Crippen LogP contribution in [-0.2, 0) is 0 Å². The van der Waals surface area contributed by atoms with Crippen molar-refractivity contribution >= 4 is 5.82 Å². The zero-order valence-corrected chi connectivity index (χ0v) is 9.78. The van der Waals surface area contributed by atoms with Crippen LogP contribution in [0.4, 0.5) is 5.82 Å². The van der Waals surface area contributed by atoms with Crippen LogP contribution in [-0.4, -0.2) is 18.1 Å². The van der Waals surface area contributed by atoms with Crippen molar-refractivity contribution < 1.29 is 0 Å². The van der Waals surface area contributed by atoms with Gasteiger partial charge in [0.05, 0.1) is 5.56 Å². The Balaban J connectivity index is 3.12. The number of aryl methyl sites for hydroxylation is 1.